The maximum absolute atomic E-state index is 13.3. The number of ether oxygens (including phenoxy) is 1. The van der Waals surface area contributed by atoms with Gasteiger partial charge in [0.25, 0.3) is 0 Å². The highest BCUT2D eigenvalue weighted by Gasteiger charge is 2.09. The molecule has 2 rings (SSSR count). The van der Waals surface area contributed by atoms with E-state index in [0.717, 1.165) is 11.3 Å². The molecule has 0 aliphatic heterocycles. The summed E-state index contributed by atoms with van der Waals surface area (Å²) >= 11 is 0. The molecule has 18 heavy (non-hydrogen) atoms. The van der Waals surface area contributed by atoms with E-state index in [9.17, 15) is 4.39 Å². The molecular formula is C15H16FNO. The number of nitrogens with one attached hydrogen (secondary N) is 1. The second kappa shape index (κ2) is 5.54. The van der Waals surface area contributed by atoms with Crippen molar-refractivity contribution in [1.82, 2.24) is 0 Å². The van der Waals surface area contributed by atoms with Gasteiger partial charge >= 0.3 is 0 Å². The van der Waals surface area contributed by atoms with E-state index in [1.165, 1.54) is 13.2 Å². The van der Waals surface area contributed by atoms with Gasteiger partial charge in [-0.1, -0.05) is 24.3 Å². The second-order valence-corrected chi connectivity index (χ2v) is 4.13. The van der Waals surface area contributed by atoms with Crippen LogP contribution in [-0.2, 0) is 0 Å². The van der Waals surface area contributed by atoms with E-state index >= 15 is 0 Å². The Hall–Kier alpha value is -2.03. The van der Waals surface area contributed by atoms with E-state index in [1.807, 2.05) is 37.3 Å². The summed E-state index contributed by atoms with van der Waals surface area (Å²) in [7, 11) is 1.47. The van der Waals surface area contributed by atoms with E-state index < -0.39 is 0 Å². The number of para-hydroxylation sites is 1. The molecule has 2 aromatic rings. The Balaban J connectivity index is 2.16. The molecular weight excluding hydrogens is 229 g/mol. The first kappa shape index (κ1) is 12.4. The van der Waals surface area contributed by atoms with Crippen LogP contribution >= 0.6 is 0 Å². The van der Waals surface area contributed by atoms with Crippen molar-refractivity contribution in [3.05, 3.63) is 59.9 Å². The molecule has 1 atom stereocenters. The average Bonchev–Trinajstić information content (AvgIpc) is 2.40. The topological polar surface area (TPSA) is 21.3 Å². The number of hydrogen-bond donors (Lipinski definition) is 1. The Morgan fingerprint density at radius 3 is 2.50 bits per heavy atom. The molecule has 2 aromatic carbocycles. The van der Waals surface area contributed by atoms with Crippen LogP contribution in [0.15, 0.2) is 48.5 Å². The largest absolute Gasteiger partial charge is 0.494 e. The molecule has 1 N–H and O–H groups in total. The number of hydrogen-bond acceptors (Lipinski definition) is 2. The van der Waals surface area contributed by atoms with Gasteiger partial charge in [0, 0.05) is 11.7 Å². The van der Waals surface area contributed by atoms with Crippen LogP contribution < -0.4 is 10.1 Å². The van der Waals surface area contributed by atoms with Crippen LogP contribution in [0.5, 0.6) is 5.75 Å². The van der Waals surface area contributed by atoms with E-state index in [0.29, 0.717) is 0 Å². The van der Waals surface area contributed by atoms with Gasteiger partial charge in [0.1, 0.15) is 0 Å². The smallest absolute Gasteiger partial charge is 0.165 e. The fourth-order valence-corrected chi connectivity index (χ4v) is 1.81. The molecule has 0 aromatic heterocycles. The SMILES string of the molecule is COc1cc(C(C)Nc2ccccc2)ccc1F. The van der Waals surface area contributed by atoms with Crippen LogP contribution in [0.1, 0.15) is 18.5 Å². The third-order valence-electron chi connectivity index (χ3n) is 2.83. The van der Waals surface area contributed by atoms with Crippen LogP contribution in [-0.4, -0.2) is 7.11 Å². The molecule has 0 saturated carbocycles. The molecule has 0 spiro atoms. The van der Waals surface area contributed by atoms with Crippen molar-refractivity contribution >= 4 is 5.69 Å². The number of rotatable bonds is 4. The highest BCUT2D eigenvalue weighted by Crippen LogP contribution is 2.24. The van der Waals surface area contributed by atoms with Gasteiger partial charge in [0.2, 0.25) is 0 Å². The van der Waals surface area contributed by atoms with E-state index in [4.69, 9.17) is 4.74 Å². The standard InChI is InChI=1S/C15H16FNO/c1-11(17-13-6-4-3-5-7-13)12-8-9-14(16)15(10-12)18-2/h3-11,17H,1-2H3. The van der Waals surface area contributed by atoms with Crippen molar-refractivity contribution in [3.63, 3.8) is 0 Å². The van der Waals surface area contributed by atoms with Gasteiger partial charge in [-0.05, 0) is 36.8 Å². The lowest BCUT2D eigenvalue weighted by Gasteiger charge is -2.16. The lowest BCUT2D eigenvalue weighted by Crippen LogP contribution is -2.06. The second-order valence-electron chi connectivity index (χ2n) is 4.13. The Morgan fingerprint density at radius 2 is 1.83 bits per heavy atom. The van der Waals surface area contributed by atoms with Crippen molar-refractivity contribution in [2.24, 2.45) is 0 Å². The van der Waals surface area contributed by atoms with Gasteiger partial charge in [0.15, 0.2) is 11.6 Å². The molecule has 0 saturated heterocycles. The predicted octanol–water partition coefficient (Wildman–Crippen LogP) is 4.01. The highest BCUT2D eigenvalue weighted by atomic mass is 19.1. The molecule has 0 bridgehead atoms. The van der Waals surface area contributed by atoms with E-state index in [1.54, 1.807) is 12.1 Å². The van der Waals surface area contributed by atoms with Gasteiger partial charge in [-0.25, -0.2) is 4.39 Å². The number of halogens is 1. The summed E-state index contributed by atoms with van der Waals surface area (Å²) in [5.74, 6) is -0.0672. The van der Waals surface area contributed by atoms with Crippen LogP contribution in [0, 0.1) is 5.82 Å². The zero-order valence-electron chi connectivity index (χ0n) is 10.5. The Bertz CT molecular complexity index is 513. The number of anilines is 1. The summed E-state index contributed by atoms with van der Waals surface area (Å²) < 4.78 is 18.3. The first-order valence-corrected chi connectivity index (χ1v) is 5.85. The number of methoxy groups -OCH3 is 1. The third kappa shape index (κ3) is 2.80. The maximum atomic E-state index is 13.3. The Kier molecular flexibility index (Phi) is 3.82. The molecule has 94 valence electrons. The van der Waals surface area contributed by atoms with Crippen LogP contribution in [0.4, 0.5) is 10.1 Å². The molecule has 0 aliphatic rings. The average molecular weight is 245 g/mol. The van der Waals surface area contributed by atoms with Gasteiger partial charge in [-0.2, -0.15) is 0 Å². The Labute approximate surface area is 106 Å². The summed E-state index contributed by atoms with van der Waals surface area (Å²) in [6.45, 7) is 2.03. The predicted molar refractivity (Wildman–Crippen MR) is 71.4 cm³/mol. The summed E-state index contributed by atoms with van der Waals surface area (Å²) in [6, 6.07) is 14.9. The quantitative estimate of drug-likeness (QED) is 0.878. The number of benzene rings is 2. The molecule has 0 fully saturated rings. The lowest BCUT2D eigenvalue weighted by molar-refractivity contribution is 0.385. The van der Waals surface area contributed by atoms with Crippen LogP contribution in [0.3, 0.4) is 0 Å². The first-order chi connectivity index (χ1) is 8.70. The summed E-state index contributed by atoms with van der Waals surface area (Å²) in [5.41, 5.74) is 2.02. The van der Waals surface area contributed by atoms with E-state index in [-0.39, 0.29) is 17.6 Å². The van der Waals surface area contributed by atoms with Crippen LogP contribution in [0.2, 0.25) is 0 Å². The minimum atomic E-state index is -0.340. The van der Waals surface area contributed by atoms with Gasteiger partial charge in [0.05, 0.1) is 7.11 Å². The van der Waals surface area contributed by atoms with Gasteiger partial charge in [-0.15, -0.1) is 0 Å². The zero-order valence-corrected chi connectivity index (χ0v) is 10.5. The fraction of sp³-hybridized carbons (Fsp3) is 0.200. The minimum absolute atomic E-state index is 0.0851. The molecule has 1 unspecified atom stereocenters. The highest BCUT2D eigenvalue weighted by molar-refractivity contribution is 5.45. The normalized spacial score (nSPS) is 11.9. The summed E-state index contributed by atoms with van der Waals surface area (Å²) in [5, 5.41) is 3.35. The van der Waals surface area contributed by atoms with Gasteiger partial charge < -0.3 is 10.1 Å². The van der Waals surface area contributed by atoms with Crippen molar-refractivity contribution in [1.29, 1.82) is 0 Å². The van der Waals surface area contributed by atoms with Crippen molar-refractivity contribution in [3.8, 4) is 5.75 Å². The summed E-state index contributed by atoms with van der Waals surface area (Å²) in [6.07, 6.45) is 0. The Morgan fingerprint density at radius 1 is 1.11 bits per heavy atom. The van der Waals surface area contributed by atoms with E-state index in [2.05, 4.69) is 5.32 Å². The zero-order chi connectivity index (χ0) is 13.0. The van der Waals surface area contributed by atoms with Gasteiger partial charge in [-0.3, -0.25) is 0 Å². The monoisotopic (exact) mass is 245 g/mol. The fourth-order valence-electron chi connectivity index (χ4n) is 1.81. The van der Waals surface area contributed by atoms with Crippen molar-refractivity contribution < 1.29 is 9.13 Å². The molecule has 0 radical (unpaired) electrons. The molecule has 0 aliphatic carbocycles. The lowest BCUT2D eigenvalue weighted by atomic mass is 10.1. The van der Waals surface area contributed by atoms with Crippen molar-refractivity contribution in [2.75, 3.05) is 12.4 Å². The molecule has 2 nitrogen and oxygen atoms in total. The van der Waals surface area contributed by atoms with Crippen LogP contribution in [0.25, 0.3) is 0 Å². The minimum Gasteiger partial charge on any atom is -0.494 e. The molecule has 0 heterocycles. The third-order valence-corrected chi connectivity index (χ3v) is 2.83. The van der Waals surface area contributed by atoms with Crippen molar-refractivity contribution in [2.45, 2.75) is 13.0 Å². The maximum Gasteiger partial charge on any atom is 0.165 e. The molecule has 0 amide bonds. The first-order valence-electron chi connectivity index (χ1n) is 5.85. The molecule has 3 heteroatoms. The summed E-state index contributed by atoms with van der Waals surface area (Å²) in [4.78, 5) is 0.